The molecule has 1 aliphatic rings. The Labute approximate surface area is 261 Å². The normalized spacial score (nSPS) is 14.8. The van der Waals surface area contributed by atoms with Crippen molar-refractivity contribution in [3.63, 3.8) is 0 Å². The molecule has 5 rings (SSSR count). The average Bonchev–Trinajstić information content (AvgIpc) is 3.35. The van der Waals surface area contributed by atoms with E-state index in [2.05, 4.69) is 18.7 Å². The summed E-state index contributed by atoms with van der Waals surface area (Å²) in [6.45, 7) is 10.00. The predicted molar refractivity (Wildman–Crippen MR) is 177 cm³/mol. The van der Waals surface area contributed by atoms with Crippen molar-refractivity contribution in [1.82, 2.24) is 4.57 Å². The first-order valence-corrected chi connectivity index (χ1v) is 15.9. The van der Waals surface area contributed by atoms with E-state index in [1.807, 2.05) is 67.6 Å². The summed E-state index contributed by atoms with van der Waals surface area (Å²) >= 11 is 1.30. The third-order valence-electron chi connectivity index (χ3n) is 7.95. The van der Waals surface area contributed by atoms with Crippen molar-refractivity contribution in [3.05, 3.63) is 96.7 Å². The van der Waals surface area contributed by atoms with Crippen molar-refractivity contribution in [3.8, 4) is 11.5 Å². The molecule has 3 aromatic carbocycles. The molecule has 1 aliphatic heterocycles. The maximum Gasteiger partial charge on any atom is 0.338 e. The number of aromatic nitrogens is 1. The van der Waals surface area contributed by atoms with Crippen molar-refractivity contribution in [2.24, 2.45) is 4.99 Å². The van der Waals surface area contributed by atoms with Gasteiger partial charge < -0.3 is 19.1 Å². The number of rotatable bonds is 11. The Morgan fingerprint density at radius 1 is 1.00 bits per heavy atom. The van der Waals surface area contributed by atoms with E-state index in [0.29, 0.717) is 38.5 Å². The van der Waals surface area contributed by atoms with Crippen LogP contribution < -0.4 is 29.3 Å². The minimum atomic E-state index is -0.790. The highest BCUT2D eigenvalue weighted by Gasteiger charge is 2.37. The number of esters is 1. The summed E-state index contributed by atoms with van der Waals surface area (Å²) in [5.41, 5.74) is 3.30. The van der Waals surface area contributed by atoms with Crippen LogP contribution >= 0.6 is 11.3 Å². The summed E-state index contributed by atoms with van der Waals surface area (Å²) in [4.78, 5) is 35.8. The molecule has 0 amide bonds. The lowest BCUT2D eigenvalue weighted by molar-refractivity contribution is -0.139. The fourth-order valence-electron chi connectivity index (χ4n) is 5.88. The molecular formula is C35H39N3O5S. The molecule has 9 heteroatoms. The van der Waals surface area contributed by atoms with Crippen LogP contribution in [0.15, 0.2) is 75.7 Å². The number of nitrogens with zero attached hydrogens (tertiary/aromatic N) is 3. The van der Waals surface area contributed by atoms with E-state index in [4.69, 9.17) is 19.2 Å². The molecule has 0 aliphatic carbocycles. The number of anilines is 1. The Balaban J connectivity index is 1.82. The average molecular weight is 614 g/mol. The van der Waals surface area contributed by atoms with Crippen LogP contribution in [-0.2, 0) is 9.53 Å². The third kappa shape index (κ3) is 5.64. The zero-order chi connectivity index (χ0) is 31.4. The van der Waals surface area contributed by atoms with Gasteiger partial charge in [0, 0.05) is 36.0 Å². The van der Waals surface area contributed by atoms with Gasteiger partial charge in [0.2, 0.25) is 0 Å². The van der Waals surface area contributed by atoms with E-state index in [1.165, 1.54) is 11.3 Å². The first-order chi connectivity index (χ1) is 21.4. The number of thiazole rings is 1. The fraction of sp³-hybridized carbons (Fsp3) is 0.343. The molecule has 1 aromatic heterocycles. The van der Waals surface area contributed by atoms with Gasteiger partial charge in [-0.25, -0.2) is 9.79 Å². The molecule has 0 fully saturated rings. The van der Waals surface area contributed by atoms with E-state index < -0.39 is 12.0 Å². The quantitative estimate of drug-likeness (QED) is 0.205. The largest absolute Gasteiger partial charge is 0.496 e. The van der Waals surface area contributed by atoms with Crippen LogP contribution in [-0.4, -0.2) is 44.5 Å². The molecule has 0 bridgehead atoms. The summed E-state index contributed by atoms with van der Waals surface area (Å²) in [5, 5.41) is 1.86. The predicted octanol–water partition coefficient (Wildman–Crippen LogP) is 5.60. The lowest BCUT2D eigenvalue weighted by atomic mass is 9.90. The zero-order valence-corrected chi connectivity index (χ0v) is 27.0. The van der Waals surface area contributed by atoms with Gasteiger partial charge in [0.25, 0.3) is 5.56 Å². The van der Waals surface area contributed by atoms with Gasteiger partial charge in [-0.05, 0) is 62.2 Å². The number of carbonyl (C=O) groups excluding carboxylic acids is 1. The molecule has 1 atom stereocenters. The highest BCUT2D eigenvalue weighted by Crippen LogP contribution is 2.41. The summed E-state index contributed by atoms with van der Waals surface area (Å²) in [5.74, 6) is 0.769. The minimum absolute atomic E-state index is 0.203. The highest BCUT2D eigenvalue weighted by atomic mass is 32.1. The first kappa shape index (κ1) is 31.1. The SMILES string of the molecule is CCCC1=C(C(=O)OCC)[C@H](c2c(OC)ccc3ccccc23)n2c(sc(=Cc3ccc(N(CC)CC)cc3OC)c2=O)=N1. The second-order valence-electron chi connectivity index (χ2n) is 10.4. The Hall–Kier alpha value is -4.37. The number of hydrogen-bond donors (Lipinski definition) is 0. The molecule has 2 heterocycles. The second kappa shape index (κ2) is 13.5. The van der Waals surface area contributed by atoms with Gasteiger partial charge in [-0.1, -0.05) is 55.0 Å². The van der Waals surface area contributed by atoms with Gasteiger partial charge >= 0.3 is 5.97 Å². The number of allylic oxidation sites excluding steroid dienone is 1. The number of benzene rings is 3. The van der Waals surface area contributed by atoms with Crippen molar-refractivity contribution in [2.75, 3.05) is 38.8 Å². The maximum absolute atomic E-state index is 14.4. The van der Waals surface area contributed by atoms with Crippen LogP contribution in [0.25, 0.3) is 16.8 Å². The molecule has 0 unspecified atom stereocenters. The van der Waals surface area contributed by atoms with E-state index >= 15 is 0 Å². The zero-order valence-electron chi connectivity index (χ0n) is 26.2. The summed E-state index contributed by atoms with van der Waals surface area (Å²) < 4.78 is 19.4. The van der Waals surface area contributed by atoms with Crippen molar-refractivity contribution in [2.45, 2.75) is 46.6 Å². The van der Waals surface area contributed by atoms with Gasteiger partial charge in [-0.3, -0.25) is 9.36 Å². The molecule has 8 nitrogen and oxygen atoms in total. The van der Waals surface area contributed by atoms with Gasteiger partial charge in [0.05, 0.1) is 36.6 Å². The summed E-state index contributed by atoms with van der Waals surface area (Å²) in [7, 11) is 3.24. The van der Waals surface area contributed by atoms with Gasteiger partial charge in [0.15, 0.2) is 4.80 Å². The Kier molecular flexibility index (Phi) is 9.54. The Morgan fingerprint density at radius 2 is 1.75 bits per heavy atom. The molecule has 0 spiro atoms. The molecular weight excluding hydrogens is 574 g/mol. The minimum Gasteiger partial charge on any atom is -0.496 e. The molecule has 44 heavy (non-hydrogen) atoms. The summed E-state index contributed by atoms with van der Waals surface area (Å²) in [6, 6.07) is 17.0. The van der Waals surface area contributed by atoms with Crippen LogP contribution in [0.5, 0.6) is 11.5 Å². The standard InChI is InChI=1S/C35H39N3O5S/c1-7-13-26-31(34(40)43-10-4)32(30-25-15-12-11-14-22(25)17-19-27(30)41-5)38-33(39)29(44-35(38)36-26)20-23-16-18-24(21-28(23)42-6)37(8-2)9-3/h11-12,14-21,32H,7-10,13H2,1-6H3/t32-/m0/s1. The van der Waals surface area contributed by atoms with Crippen molar-refractivity contribution < 1.29 is 19.0 Å². The second-order valence-corrected chi connectivity index (χ2v) is 11.4. The third-order valence-corrected chi connectivity index (χ3v) is 8.93. The smallest absolute Gasteiger partial charge is 0.338 e. The van der Waals surface area contributed by atoms with E-state index in [1.54, 1.807) is 25.7 Å². The van der Waals surface area contributed by atoms with E-state index in [-0.39, 0.29) is 12.2 Å². The van der Waals surface area contributed by atoms with Crippen LogP contribution in [0, 0.1) is 0 Å². The number of carbonyl (C=O) groups is 1. The molecule has 230 valence electrons. The van der Waals surface area contributed by atoms with Gasteiger partial charge in [0.1, 0.15) is 17.5 Å². The van der Waals surface area contributed by atoms with Crippen LogP contribution in [0.2, 0.25) is 0 Å². The van der Waals surface area contributed by atoms with Gasteiger partial charge in [-0.15, -0.1) is 0 Å². The Bertz CT molecular complexity index is 1900. The first-order valence-electron chi connectivity index (χ1n) is 15.1. The molecule has 0 N–H and O–H groups in total. The lowest BCUT2D eigenvalue weighted by Gasteiger charge is -2.28. The number of fused-ring (bicyclic) bond motifs is 2. The van der Waals surface area contributed by atoms with Crippen molar-refractivity contribution >= 4 is 39.8 Å². The maximum atomic E-state index is 14.4. The van der Waals surface area contributed by atoms with Crippen LogP contribution in [0.3, 0.4) is 0 Å². The Morgan fingerprint density at radius 3 is 2.43 bits per heavy atom. The van der Waals surface area contributed by atoms with Gasteiger partial charge in [-0.2, -0.15) is 0 Å². The van der Waals surface area contributed by atoms with E-state index in [9.17, 15) is 9.59 Å². The fourth-order valence-corrected chi connectivity index (χ4v) is 6.89. The number of hydrogen-bond acceptors (Lipinski definition) is 8. The topological polar surface area (TPSA) is 82.4 Å². The van der Waals surface area contributed by atoms with Crippen molar-refractivity contribution in [1.29, 1.82) is 0 Å². The lowest BCUT2D eigenvalue weighted by Crippen LogP contribution is -2.40. The number of methoxy groups -OCH3 is 2. The monoisotopic (exact) mass is 613 g/mol. The van der Waals surface area contributed by atoms with Crippen LogP contribution in [0.4, 0.5) is 5.69 Å². The van der Waals surface area contributed by atoms with Crippen LogP contribution in [0.1, 0.15) is 57.7 Å². The highest BCUT2D eigenvalue weighted by molar-refractivity contribution is 7.07. The number of ether oxygens (including phenoxy) is 3. The van der Waals surface area contributed by atoms with E-state index in [0.717, 1.165) is 47.1 Å². The molecule has 0 radical (unpaired) electrons. The molecule has 4 aromatic rings. The summed E-state index contributed by atoms with van der Waals surface area (Å²) in [6.07, 6.45) is 3.18. The molecule has 0 saturated carbocycles. The molecule has 0 saturated heterocycles.